The van der Waals surface area contributed by atoms with Gasteiger partial charge in [0.05, 0.1) is 5.92 Å². The molecule has 0 amide bonds. The average Bonchev–Trinajstić information content (AvgIpc) is 2.63. The van der Waals surface area contributed by atoms with Gasteiger partial charge in [0.2, 0.25) is 0 Å². The summed E-state index contributed by atoms with van der Waals surface area (Å²) in [5.74, 6) is -0.487. The molecule has 0 aliphatic heterocycles. The minimum Gasteiger partial charge on any atom is -0.481 e. The molecule has 0 aromatic rings. The van der Waals surface area contributed by atoms with Crippen molar-refractivity contribution in [3.05, 3.63) is 12.2 Å². The zero-order valence-electron chi connectivity index (χ0n) is 7.92. The first kappa shape index (κ1) is 9.30. The van der Waals surface area contributed by atoms with E-state index in [-0.39, 0.29) is 11.3 Å². The van der Waals surface area contributed by atoms with Crippen molar-refractivity contribution < 1.29 is 9.90 Å². The van der Waals surface area contributed by atoms with Crippen molar-refractivity contribution in [3.63, 3.8) is 0 Å². The fraction of sp³-hybridized carbons (Fsp3) is 0.700. The Labute approximate surface area is 73.3 Å². The van der Waals surface area contributed by atoms with Crippen LogP contribution in [-0.4, -0.2) is 11.1 Å². The topological polar surface area (TPSA) is 37.3 Å². The van der Waals surface area contributed by atoms with Crippen LogP contribution in [-0.2, 0) is 4.79 Å². The molecule has 0 radical (unpaired) electrons. The van der Waals surface area contributed by atoms with Crippen LogP contribution in [0.25, 0.3) is 0 Å². The fourth-order valence-corrected chi connectivity index (χ4v) is 1.58. The number of carboxylic acids is 1. The van der Waals surface area contributed by atoms with E-state index in [9.17, 15) is 4.79 Å². The van der Waals surface area contributed by atoms with Crippen molar-refractivity contribution in [1.82, 2.24) is 0 Å². The van der Waals surface area contributed by atoms with Crippen LogP contribution in [0, 0.1) is 17.3 Å². The molecule has 68 valence electrons. The Hall–Kier alpha value is -0.790. The van der Waals surface area contributed by atoms with Gasteiger partial charge in [0.25, 0.3) is 0 Å². The summed E-state index contributed by atoms with van der Waals surface area (Å²) in [5, 5.41) is 8.74. The summed E-state index contributed by atoms with van der Waals surface area (Å²) in [6.07, 6.45) is 0.815. The van der Waals surface area contributed by atoms with Crippen LogP contribution in [0.2, 0.25) is 0 Å². The Morgan fingerprint density at radius 2 is 2.08 bits per heavy atom. The molecule has 2 atom stereocenters. The molecule has 1 N–H and O–H groups in total. The quantitative estimate of drug-likeness (QED) is 0.656. The van der Waals surface area contributed by atoms with Gasteiger partial charge in [-0.15, -0.1) is 0 Å². The van der Waals surface area contributed by atoms with E-state index < -0.39 is 5.97 Å². The Morgan fingerprint density at radius 3 is 2.33 bits per heavy atom. The van der Waals surface area contributed by atoms with Gasteiger partial charge < -0.3 is 5.11 Å². The van der Waals surface area contributed by atoms with Crippen LogP contribution in [0.3, 0.4) is 0 Å². The smallest absolute Gasteiger partial charge is 0.306 e. The van der Waals surface area contributed by atoms with Crippen molar-refractivity contribution in [2.24, 2.45) is 17.3 Å². The van der Waals surface area contributed by atoms with Crippen molar-refractivity contribution in [1.29, 1.82) is 0 Å². The summed E-state index contributed by atoms with van der Waals surface area (Å²) in [5.41, 5.74) is 1.07. The average molecular weight is 168 g/mol. The highest BCUT2D eigenvalue weighted by Gasteiger charge is 2.51. The maximum atomic E-state index is 10.6. The number of allylic oxidation sites excluding steroid dienone is 1. The van der Waals surface area contributed by atoms with Crippen LogP contribution >= 0.6 is 0 Å². The predicted molar refractivity (Wildman–Crippen MR) is 47.8 cm³/mol. The number of aliphatic carboxylic acids is 1. The molecule has 0 heterocycles. The molecular formula is C10H16O2. The molecule has 0 spiro atoms. The number of hydrogen-bond donors (Lipinski definition) is 1. The predicted octanol–water partition coefficient (Wildman–Crippen LogP) is 2.31. The maximum Gasteiger partial charge on any atom is 0.306 e. The van der Waals surface area contributed by atoms with Gasteiger partial charge in [0.15, 0.2) is 0 Å². The SMILES string of the molecule is C=C(C)C(C)(C)C1CC1C(=O)O. The van der Waals surface area contributed by atoms with Crippen LogP contribution in [0.4, 0.5) is 0 Å². The second-order valence-corrected chi connectivity index (χ2v) is 4.29. The van der Waals surface area contributed by atoms with Gasteiger partial charge in [-0.05, 0) is 24.7 Å². The number of carbonyl (C=O) groups is 1. The molecule has 0 aromatic carbocycles. The third-order valence-corrected chi connectivity index (χ3v) is 3.13. The largest absolute Gasteiger partial charge is 0.481 e. The van der Waals surface area contributed by atoms with Gasteiger partial charge in [-0.1, -0.05) is 26.0 Å². The van der Waals surface area contributed by atoms with Crippen molar-refractivity contribution in [3.8, 4) is 0 Å². The molecule has 1 fully saturated rings. The third kappa shape index (κ3) is 1.38. The Balaban J connectivity index is 2.64. The Bertz CT molecular complexity index is 228. The molecular weight excluding hydrogens is 152 g/mol. The van der Waals surface area contributed by atoms with Gasteiger partial charge >= 0.3 is 5.97 Å². The van der Waals surface area contributed by atoms with Gasteiger partial charge in [-0.2, -0.15) is 0 Å². The zero-order chi connectivity index (χ0) is 9.52. The van der Waals surface area contributed by atoms with E-state index in [0.717, 1.165) is 12.0 Å². The molecule has 1 saturated carbocycles. The monoisotopic (exact) mass is 168 g/mol. The Kier molecular flexibility index (Phi) is 2.02. The van der Waals surface area contributed by atoms with E-state index in [4.69, 9.17) is 5.11 Å². The number of hydrogen-bond acceptors (Lipinski definition) is 1. The van der Waals surface area contributed by atoms with Crippen LogP contribution < -0.4 is 0 Å². The molecule has 2 heteroatoms. The summed E-state index contributed by atoms with van der Waals surface area (Å²) in [6.45, 7) is 10.0. The highest BCUT2D eigenvalue weighted by molar-refractivity contribution is 5.73. The van der Waals surface area contributed by atoms with E-state index >= 15 is 0 Å². The summed E-state index contributed by atoms with van der Waals surface area (Å²) in [4.78, 5) is 10.6. The van der Waals surface area contributed by atoms with Gasteiger partial charge in [-0.3, -0.25) is 4.79 Å². The lowest BCUT2D eigenvalue weighted by atomic mass is 9.80. The van der Waals surface area contributed by atoms with Crippen LogP contribution in [0.1, 0.15) is 27.2 Å². The maximum absolute atomic E-state index is 10.6. The fourth-order valence-electron chi connectivity index (χ4n) is 1.58. The summed E-state index contributed by atoms with van der Waals surface area (Å²) >= 11 is 0. The van der Waals surface area contributed by atoms with Crippen molar-refractivity contribution >= 4 is 5.97 Å². The lowest BCUT2D eigenvalue weighted by Crippen LogP contribution is -2.18. The number of carboxylic acid groups (broad SMARTS) is 1. The van der Waals surface area contributed by atoms with Gasteiger partial charge in [0, 0.05) is 0 Å². The van der Waals surface area contributed by atoms with Crippen molar-refractivity contribution in [2.45, 2.75) is 27.2 Å². The van der Waals surface area contributed by atoms with E-state index in [1.807, 2.05) is 6.92 Å². The highest BCUT2D eigenvalue weighted by atomic mass is 16.4. The summed E-state index contributed by atoms with van der Waals surface area (Å²) in [7, 11) is 0. The molecule has 2 nitrogen and oxygen atoms in total. The van der Waals surface area contributed by atoms with Gasteiger partial charge in [0.1, 0.15) is 0 Å². The normalized spacial score (nSPS) is 28.2. The third-order valence-electron chi connectivity index (χ3n) is 3.13. The van der Waals surface area contributed by atoms with E-state index in [2.05, 4.69) is 20.4 Å². The first-order valence-electron chi connectivity index (χ1n) is 4.26. The second-order valence-electron chi connectivity index (χ2n) is 4.29. The molecule has 12 heavy (non-hydrogen) atoms. The Morgan fingerprint density at radius 1 is 1.58 bits per heavy atom. The summed E-state index contributed by atoms with van der Waals surface area (Å²) < 4.78 is 0. The second kappa shape index (κ2) is 2.61. The molecule has 1 rings (SSSR count). The van der Waals surface area contributed by atoms with Gasteiger partial charge in [-0.25, -0.2) is 0 Å². The lowest BCUT2D eigenvalue weighted by molar-refractivity contribution is -0.139. The molecule has 1 aliphatic carbocycles. The number of rotatable bonds is 3. The van der Waals surface area contributed by atoms with Crippen LogP contribution in [0.15, 0.2) is 12.2 Å². The van der Waals surface area contributed by atoms with E-state index in [0.29, 0.717) is 5.92 Å². The standard InChI is InChI=1S/C10H16O2/c1-6(2)10(3,4)8-5-7(8)9(11)12/h7-8H,1,5H2,2-4H3,(H,11,12). The molecule has 1 aliphatic rings. The molecule has 0 saturated heterocycles. The van der Waals surface area contributed by atoms with E-state index in [1.165, 1.54) is 0 Å². The lowest BCUT2D eigenvalue weighted by Gasteiger charge is -2.25. The minimum atomic E-state index is -0.658. The van der Waals surface area contributed by atoms with Crippen LogP contribution in [0.5, 0.6) is 0 Å². The molecule has 0 bridgehead atoms. The minimum absolute atomic E-state index is 0.0109. The van der Waals surface area contributed by atoms with E-state index in [1.54, 1.807) is 0 Å². The highest BCUT2D eigenvalue weighted by Crippen LogP contribution is 2.53. The van der Waals surface area contributed by atoms with Crippen molar-refractivity contribution in [2.75, 3.05) is 0 Å². The first-order valence-corrected chi connectivity index (χ1v) is 4.26. The zero-order valence-corrected chi connectivity index (χ0v) is 7.92. The summed E-state index contributed by atoms with van der Waals surface area (Å²) in [6, 6.07) is 0. The molecule has 2 unspecified atom stereocenters. The first-order chi connectivity index (χ1) is 5.37. The molecule has 0 aromatic heterocycles.